The lowest BCUT2D eigenvalue weighted by Gasteiger charge is -2.18. The third-order valence-electron chi connectivity index (χ3n) is 2.49. The SMILES string of the molecule is CNC(=O)CN(C)c1ccc(CO)cc1[N+](=O)[O-]. The molecule has 98 valence electrons. The molecule has 0 bridgehead atoms. The smallest absolute Gasteiger partial charge is 0.292 e. The molecule has 0 aromatic heterocycles. The van der Waals surface area contributed by atoms with Crippen LogP contribution in [-0.4, -0.2) is 36.6 Å². The van der Waals surface area contributed by atoms with E-state index in [0.717, 1.165) is 0 Å². The second-order valence-corrected chi connectivity index (χ2v) is 3.77. The van der Waals surface area contributed by atoms with Gasteiger partial charge in [-0.1, -0.05) is 6.07 Å². The lowest BCUT2D eigenvalue weighted by Crippen LogP contribution is -2.33. The molecule has 0 heterocycles. The number of hydrogen-bond donors (Lipinski definition) is 2. The maximum atomic E-state index is 11.2. The predicted molar refractivity (Wildman–Crippen MR) is 66.4 cm³/mol. The van der Waals surface area contributed by atoms with Crippen molar-refractivity contribution >= 4 is 17.3 Å². The van der Waals surface area contributed by atoms with Gasteiger partial charge in [-0.2, -0.15) is 0 Å². The lowest BCUT2D eigenvalue weighted by molar-refractivity contribution is -0.384. The van der Waals surface area contributed by atoms with Crippen molar-refractivity contribution in [2.45, 2.75) is 6.61 Å². The van der Waals surface area contributed by atoms with Crippen LogP contribution in [0.3, 0.4) is 0 Å². The van der Waals surface area contributed by atoms with E-state index in [-0.39, 0.29) is 24.7 Å². The zero-order valence-corrected chi connectivity index (χ0v) is 10.2. The summed E-state index contributed by atoms with van der Waals surface area (Å²) >= 11 is 0. The molecule has 1 aromatic carbocycles. The van der Waals surface area contributed by atoms with E-state index in [1.54, 1.807) is 13.1 Å². The molecule has 0 spiro atoms. The number of rotatable bonds is 5. The molecule has 1 aromatic rings. The van der Waals surface area contributed by atoms with Crippen molar-refractivity contribution in [1.82, 2.24) is 5.32 Å². The highest BCUT2D eigenvalue weighted by Gasteiger charge is 2.18. The molecule has 7 heteroatoms. The van der Waals surface area contributed by atoms with Gasteiger partial charge in [-0.05, 0) is 11.6 Å². The first kappa shape index (κ1) is 13.9. The summed E-state index contributed by atoms with van der Waals surface area (Å²) in [4.78, 5) is 23.1. The van der Waals surface area contributed by atoms with Crippen molar-refractivity contribution in [2.75, 3.05) is 25.5 Å². The first-order valence-electron chi connectivity index (χ1n) is 5.29. The van der Waals surface area contributed by atoms with E-state index in [1.165, 1.54) is 24.1 Å². The molecule has 0 saturated heterocycles. The predicted octanol–water partition coefficient (Wildman–Crippen LogP) is 0.269. The summed E-state index contributed by atoms with van der Waals surface area (Å²) in [5, 5.41) is 22.3. The molecule has 0 saturated carbocycles. The maximum absolute atomic E-state index is 11.2. The summed E-state index contributed by atoms with van der Waals surface area (Å²) in [6.45, 7) is -0.240. The van der Waals surface area contributed by atoms with E-state index in [0.29, 0.717) is 11.3 Å². The number of anilines is 1. The van der Waals surface area contributed by atoms with Crippen LogP contribution in [0.4, 0.5) is 11.4 Å². The Morgan fingerprint density at radius 3 is 2.72 bits per heavy atom. The van der Waals surface area contributed by atoms with Crippen molar-refractivity contribution < 1.29 is 14.8 Å². The number of nitro benzene ring substituents is 1. The van der Waals surface area contributed by atoms with Crippen LogP contribution in [0.1, 0.15) is 5.56 Å². The fraction of sp³-hybridized carbons (Fsp3) is 0.364. The number of aliphatic hydroxyl groups excluding tert-OH is 1. The van der Waals surface area contributed by atoms with E-state index in [2.05, 4.69) is 5.32 Å². The van der Waals surface area contributed by atoms with Gasteiger partial charge in [0.05, 0.1) is 18.1 Å². The second kappa shape index (κ2) is 5.97. The van der Waals surface area contributed by atoms with Crippen molar-refractivity contribution in [3.05, 3.63) is 33.9 Å². The molecule has 2 N–H and O–H groups in total. The molecular formula is C11H15N3O4. The lowest BCUT2D eigenvalue weighted by atomic mass is 10.1. The van der Waals surface area contributed by atoms with E-state index < -0.39 is 4.92 Å². The minimum atomic E-state index is -0.533. The number of carbonyl (C=O) groups excluding carboxylic acids is 1. The average molecular weight is 253 g/mol. The Kier molecular flexibility index (Phi) is 4.61. The molecule has 0 aliphatic carbocycles. The van der Waals surface area contributed by atoms with Crippen molar-refractivity contribution in [3.63, 3.8) is 0 Å². The minimum Gasteiger partial charge on any atom is -0.392 e. The van der Waals surface area contributed by atoms with E-state index >= 15 is 0 Å². The molecule has 0 unspecified atom stereocenters. The minimum absolute atomic E-state index is 0.0236. The quantitative estimate of drug-likeness (QED) is 0.580. The van der Waals surface area contributed by atoms with E-state index in [9.17, 15) is 14.9 Å². The second-order valence-electron chi connectivity index (χ2n) is 3.77. The van der Waals surface area contributed by atoms with Crippen LogP contribution in [-0.2, 0) is 11.4 Å². The first-order valence-corrected chi connectivity index (χ1v) is 5.29. The Hall–Kier alpha value is -2.15. The Morgan fingerprint density at radius 1 is 1.56 bits per heavy atom. The molecule has 0 aliphatic rings. The Morgan fingerprint density at radius 2 is 2.22 bits per heavy atom. The van der Waals surface area contributed by atoms with Gasteiger partial charge in [-0.25, -0.2) is 0 Å². The average Bonchev–Trinajstić information content (AvgIpc) is 2.37. The van der Waals surface area contributed by atoms with Gasteiger partial charge < -0.3 is 15.3 Å². The number of likely N-dealkylation sites (N-methyl/N-ethyl adjacent to an activating group) is 2. The topological polar surface area (TPSA) is 95.7 Å². The highest BCUT2D eigenvalue weighted by molar-refractivity contribution is 5.82. The third kappa shape index (κ3) is 3.17. The number of nitrogens with one attached hydrogen (secondary N) is 1. The van der Waals surface area contributed by atoms with Crippen molar-refractivity contribution in [3.8, 4) is 0 Å². The molecule has 7 nitrogen and oxygen atoms in total. The summed E-state index contributed by atoms with van der Waals surface area (Å²) < 4.78 is 0. The van der Waals surface area contributed by atoms with Gasteiger partial charge in [0.15, 0.2) is 0 Å². The van der Waals surface area contributed by atoms with Gasteiger partial charge in [-0.15, -0.1) is 0 Å². The van der Waals surface area contributed by atoms with Gasteiger partial charge in [0.25, 0.3) is 5.69 Å². The number of benzene rings is 1. The molecule has 1 rings (SSSR count). The summed E-state index contributed by atoms with van der Waals surface area (Å²) in [6, 6.07) is 4.41. The summed E-state index contributed by atoms with van der Waals surface area (Å²) in [5.74, 6) is -0.238. The van der Waals surface area contributed by atoms with Crippen LogP contribution in [0.15, 0.2) is 18.2 Å². The van der Waals surface area contributed by atoms with Crippen molar-refractivity contribution in [2.24, 2.45) is 0 Å². The van der Waals surface area contributed by atoms with Crippen LogP contribution in [0.2, 0.25) is 0 Å². The molecule has 0 aliphatic heterocycles. The molecule has 0 radical (unpaired) electrons. The van der Waals surface area contributed by atoms with Crippen LogP contribution in [0.25, 0.3) is 0 Å². The highest BCUT2D eigenvalue weighted by Crippen LogP contribution is 2.28. The molecule has 1 amide bonds. The van der Waals surface area contributed by atoms with Crippen LogP contribution >= 0.6 is 0 Å². The molecular weight excluding hydrogens is 238 g/mol. The Bertz CT molecular complexity index is 462. The number of aliphatic hydroxyl groups is 1. The van der Waals surface area contributed by atoms with Gasteiger partial charge in [-0.3, -0.25) is 14.9 Å². The van der Waals surface area contributed by atoms with Gasteiger partial charge >= 0.3 is 0 Å². The van der Waals surface area contributed by atoms with Crippen LogP contribution in [0, 0.1) is 10.1 Å². The van der Waals surface area contributed by atoms with Gasteiger partial charge in [0.2, 0.25) is 5.91 Å². The molecule has 18 heavy (non-hydrogen) atoms. The molecule has 0 atom stereocenters. The standard InChI is InChI=1S/C11H15N3O4/c1-12-11(16)6-13(2)9-4-3-8(7-15)5-10(9)14(17)18/h3-5,15H,6-7H2,1-2H3,(H,12,16). The number of nitro groups is 1. The van der Waals surface area contributed by atoms with Gasteiger partial charge in [0.1, 0.15) is 5.69 Å². The fourth-order valence-electron chi connectivity index (χ4n) is 1.52. The normalized spacial score (nSPS) is 9.94. The monoisotopic (exact) mass is 253 g/mol. The summed E-state index contributed by atoms with van der Waals surface area (Å²) in [7, 11) is 3.09. The summed E-state index contributed by atoms with van der Waals surface area (Å²) in [5.41, 5.74) is 0.660. The van der Waals surface area contributed by atoms with E-state index in [1.807, 2.05) is 0 Å². The fourth-order valence-corrected chi connectivity index (χ4v) is 1.52. The largest absolute Gasteiger partial charge is 0.392 e. The number of carbonyl (C=O) groups is 1. The number of hydrogen-bond acceptors (Lipinski definition) is 5. The van der Waals surface area contributed by atoms with Gasteiger partial charge in [0, 0.05) is 20.2 Å². The zero-order chi connectivity index (χ0) is 13.7. The van der Waals surface area contributed by atoms with Crippen molar-refractivity contribution in [1.29, 1.82) is 0 Å². The van der Waals surface area contributed by atoms with E-state index in [4.69, 9.17) is 5.11 Å². The third-order valence-corrected chi connectivity index (χ3v) is 2.49. The first-order chi connectivity index (χ1) is 8.49. The van der Waals surface area contributed by atoms with Crippen LogP contribution < -0.4 is 10.2 Å². The summed E-state index contributed by atoms with van der Waals surface area (Å²) in [6.07, 6.45) is 0. The zero-order valence-electron chi connectivity index (χ0n) is 10.2. The highest BCUT2D eigenvalue weighted by atomic mass is 16.6. The number of amides is 1. The number of nitrogens with zero attached hydrogens (tertiary/aromatic N) is 2. The maximum Gasteiger partial charge on any atom is 0.292 e. The Balaban J connectivity index is 3.07. The Labute approximate surface area is 104 Å². The molecule has 0 fully saturated rings. The van der Waals surface area contributed by atoms with Crippen LogP contribution in [0.5, 0.6) is 0 Å².